The number of ether oxygens (including phenoxy) is 2. The van der Waals surface area contributed by atoms with Crippen LogP contribution in [0.25, 0.3) is 11.1 Å². The highest BCUT2D eigenvalue weighted by Crippen LogP contribution is 2.33. The molecule has 0 amide bonds. The van der Waals surface area contributed by atoms with Crippen LogP contribution < -0.4 is 9.47 Å². The van der Waals surface area contributed by atoms with E-state index in [1.165, 1.54) is 6.07 Å². The number of rotatable bonds is 3. The highest BCUT2D eigenvalue weighted by molar-refractivity contribution is 5.71. The maximum atomic E-state index is 8.63. The second-order valence-electron chi connectivity index (χ2n) is 3.41. The largest absolute Gasteiger partial charge is 0.388 e. The van der Waals surface area contributed by atoms with Gasteiger partial charge in [0.25, 0.3) is 12.5 Å². The Balaban J connectivity index is 2.48. The monoisotopic (exact) mass is 236 g/mol. The van der Waals surface area contributed by atoms with Crippen molar-refractivity contribution in [1.29, 1.82) is 10.5 Å². The zero-order valence-corrected chi connectivity index (χ0v) is 9.33. The summed E-state index contributed by atoms with van der Waals surface area (Å²) in [4.78, 5) is 0. The Bertz CT molecular complexity index is 624. The van der Waals surface area contributed by atoms with E-state index in [4.69, 9.17) is 20.0 Å². The van der Waals surface area contributed by atoms with Crippen LogP contribution in [0.15, 0.2) is 48.5 Å². The minimum Gasteiger partial charge on any atom is -0.388 e. The fourth-order valence-corrected chi connectivity index (χ4v) is 1.61. The fourth-order valence-electron chi connectivity index (χ4n) is 1.61. The van der Waals surface area contributed by atoms with Crippen molar-refractivity contribution in [3.05, 3.63) is 48.5 Å². The maximum Gasteiger partial charge on any atom is 0.292 e. The Morgan fingerprint density at radius 1 is 0.833 bits per heavy atom. The standard InChI is InChI=1S/C14H8N2O2/c15-9-17-12-6-7-13(14(8-12)18-10-16)11-4-2-1-3-5-11/h1-8H. The zero-order valence-electron chi connectivity index (χ0n) is 9.33. The third-order valence-corrected chi connectivity index (χ3v) is 2.36. The molecule has 0 aliphatic carbocycles. The Morgan fingerprint density at radius 3 is 2.22 bits per heavy atom. The molecular formula is C14H8N2O2. The lowest BCUT2D eigenvalue weighted by Crippen LogP contribution is -1.89. The first-order chi connectivity index (χ1) is 8.85. The first-order valence-corrected chi connectivity index (χ1v) is 5.16. The third kappa shape index (κ3) is 2.40. The Kier molecular flexibility index (Phi) is 3.44. The van der Waals surface area contributed by atoms with Gasteiger partial charge in [-0.15, -0.1) is 10.5 Å². The molecule has 2 aromatic rings. The molecular weight excluding hydrogens is 228 g/mol. The predicted octanol–water partition coefficient (Wildman–Crippen LogP) is 3.07. The summed E-state index contributed by atoms with van der Waals surface area (Å²) < 4.78 is 9.59. The van der Waals surface area contributed by atoms with E-state index in [2.05, 4.69) is 0 Å². The second-order valence-corrected chi connectivity index (χ2v) is 3.41. The first kappa shape index (κ1) is 11.5. The molecule has 18 heavy (non-hydrogen) atoms. The van der Waals surface area contributed by atoms with Gasteiger partial charge < -0.3 is 9.47 Å². The zero-order chi connectivity index (χ0) is 12.8. The predicted molar refractivity (Wildman–Crippen MR) is 64.4 cm³/mol. The van der Waals surface area contributed by atoms with Crippen molar-refractivity contribution < 1.29 is 9.47 Å². The molecule has 0 spiro atoms. The average Bonchev–Trinajstić information content (AvgIpc) is 2.41. The van der Waals surface area contributed by atoms with E-state index in [-0.39, 0.29) is 0 Å². The van der Waals surface area contributed by atoms with Gasteiger partial charge in [-0.2, -0.15) is 0 Å². The van der Waals surface area contributed by atoms with Crippen LogP contribution in [-0.4, -0.2) is 0 Å². The molecule has 0 bridgehead atoms. The van der Waals surface area contributed by atoms with Gasteiger partial charge >= 0.3 is 0 Å². The topological polar surface area (TPSA) is 66.0 Å². The van der Waals surface area contributed by atoms with Crippen molar-refractivity contribution in [2.45, 2.75) is 0 Å². The number of hydrogen-bond acceptors (Lipinski definition) is 4. The van der Waals surface area contributed by atoms with Gasteiger partial charge in [0, 0.05) is 11.6 Å². The molecule has 0 saturated heterocycles. The normalized spacial score (nSPS) is 9.00. The lowest BCUT2D eigenvalue weighted by molar-refractivity contribution is 0.485. The molecule has 0 heterocycles. The second kappa shape index (κ2) is 5.38. The maximum absolute atomic E-state index is 8.63. The van der Waals surface area contributed by atoms with Crippen LogP contribution in [0.2, 0.25) is 0 Å². The Hall–Kier alpha value is -2.98. The van der Waals surface area contributed by atoms with Gasteiger partial charge in [0.1, 0.15) is 5.75 Å². The molecule has 0 aliphatic heterocycles. The molecule has 2 rings (SSSR count). The van der Waals surface area contributed by atoms with Gasteiger partial charge in [-0.3, -0.25) is 0 Å². The van der Waals surface area contributed by atoms with Crippen LogP contribution >= 0.6 is 0 Å². The van der Waals surface area contributed by atoms with Crippen molar-refractivity contribution in [2.24, 2.45) is 0 Å². The summed E-state index contributed by atoms with van der Waals surface area (Å²) in [5.74, 6) is 0.693. The van der Waals surface area contributed by atoms with Crippen LogP contribution in [0, 0.1) is 23.0 Å². The lowest BCUT2D eigenvalue weighted by atomic mass is 10.0. The molecule has 2 aromatic carbocycles. The minimum atomic E-state index is 0.336. The molecule has 0 fully saturated rings. The van der Waals surface area contributed by atoms with Crippen LogP contribution in [0.3, 0.4) is 0 Å². The van der Waals surface area contributed by atoms with Crippen LogP contribution in [0.5, 0.6) is 11.5 Å². The van der Waals surface area contributed by atoms with E-state index in [0.717, 1.165) is 11.1 Å². The van der Waals surface area contributed by atoms with E-state index < -0.39 is 0 Å². The molecule has 0 aromatic heterocycles. The molecule has 0 radical (unpaired) electrons. The number of benzene rings is 2. The molecule has 4 nitrogen and oxygen atoms in total. The van der Waals surface area contributed by atoms with Gasteiger partial charge in [-0.05, 0) is 17.7 Å². The summed E-state index contributed by atoms with van der Waals surface area (Å²) in [6.07, 6.45) is 3.20. The van der Waals surface area contributed by atoms with Gasteiger partial charge in [0.05, 0.1) is 0 Å². The summed E-state index contributed by atoms with van der Waals surface area (Å²) in [6.45, 7) is 0. The number of nitrogens with zero attached hydrogens (tertiary/aromatic N) is 2. The van der Waals surface area contributed by atoms with Crippen molar-refractivity contribution in [3.8, 4) is 35.1 Å². The van der Waals surface area contributed by atoms with E-state index in [9.17, 15) is 0 Å². The van der Waals surface area contributed by atoms with Crippen LogP contribution in [-0.2, 0) is 0 Å². The highest BCUT2D eigenvalue weighted by Gasteiger charge is 2.08. The molecule has 0 saturated carbocycles. The fraction of sp³-hybridized carbons (Fsp3) is 0. The average molecular weight is 236 g/mol. The Morgan fingerprint density at radius 2 is 1.56 bits per heavy atom. The first-order valence-electron chi connectivity index (χ1n) is 5.16. The number of hydrogen-bond donors (Lipinski definition) is 0. The molecule has 4 heteroatoms. The SMILES string of the molecule is N#COc1ccc(-c2ccccc2)c(OC#N)c1. The van der Waals surface area contributed by atoms with E-state index >= 15 is 0 Å². The van der Waals surface area contributed by atoms with Crippen LogP contribution in [0.1, 0.15) is 0 Å². The molecule has 0 aliphatic rings. The smallest absolute Gasteiger partial charge is 0.292 e. The minimum absolute atomic E-state index is 0.336. The van der Waals surface area contributed by atoms with Gasteiger partial charge in [-0.25, -0.2) is 0 Å². The quantitative estimate of drug-likeness (QED) is 0.768. The summed E-state index contributed by atoms with van der Waals surface area (Å²) in [5, 5.41) is 17.1. The molecule has 86 valence electrons. The van der Waals surface area contributed by atoms with E-state index in [1.54, 1.807) is 24.6 Å². The van der Waals surface area contributed by atoms with Crippen molar-refractivity contribution in [2.75, 3.05) is 0 Å². The highest BCUT2D eigenvalue weighted by atomic mass is 16.5. The summed E-state index contributed by atoms with van der Waals surface area (Å²) in [6, 6.07) is 14.4. The summed E-state index contributed by atoms with van der Waals surface area (Å²) >= 11 is 0. The van der Waals surface area contributed by atoms with Gasteiger partial charge in [0.15, 0.2) is 5.75 Å². The van der Waals surface area contributed by atoms with Gasteiger partial charge in [-0.1, -0.05) is 30.3 Å². The number of nitriles is 2. The van der Waals surface area contributed by atoms with Crippen LogP contribution in [0.4, 0.5) is 0 Å². The third-order valence-electron chi connectivity index (χ3n) is 2.36. The van der Waals surface area contributed by atoms with Gasteiger partial charge in [0.2, 0.25) is 0 Å². The van der Waals surface area contributed by atoms with Crippen molar-refractivity contribution >= 4 is 0 Å². The molecule has 0 atom stereocenters. The summed E-state index contributed by atoms with van der Waals surface area (Å²) in [7, 11) is 0. The van der Waals surface area contributed by atoms with Crippen molar-refractivity contribution in [1.82, 2.24) is 0 Å². The summed E-state index contributed by atoms with van der Waals surface area (Å²) in [5.41, 5.74) is 1.69. The Labute approximate surface area is 104 Å². The molecule has 0 N–H and O–H groups in total. The van der Waals surface area contributed by atoms with Crippen molar-refractivity contribution in [3.63, 3.8) is 0 Å². The lowest BCUT2D eigenvalue weighted by Gasteiger charge is -2.07. The van der Waals surface area contributed by atoms with E-state index in [0.29, 0.717) is 11.5 Å². The molecule has 0 unspecified atom stereocenters. The van der Waals surface area contributed by atoms with E-state index in [1.807, 2.05) is 30.3 Å².